The normalized spacial score (nSPS) is 10.7. The molecule has 0 unspecified atom stereocenters. The van der Waals surface area contributed by atoms with E-state index in [-0.39, 0.29) is 5.82 Å². The van der Waals surface area contributed by atoms with Crippen molar-refractivity contribution < 1.29 is 4.39 Å². The van der Waals surface area contributed by atoms with Crippen LogP contribution < -0.4 is 5.32 Å². The summed E-state index contributed by atoms with van der Waals surface area (Å²) in [6.45, 7) is 0.502. The molecule has 1 N–H and O–H groups in total. The highest BCUT2D eigenvalue weighted by molar-refractivity contribution is 6.33. The Balaban J connectivity index is 1.91. The maximum absolute atomic E-state index is 13.7. The van der Waals surface area contributed by atoms with Crippen LogP contribution in [0.2, 0.25) is 5.02 Å². The molecule has 0 saturated heterocycles. The van der Waals surface area contributed by atoms with Crippen molar-refractivity contribution in [2.75, 3.05) is 5.32 Å². The van der Waals surface area contributed by atoms with Crippen molar-refractivity contribution in [3.8, 4) is 0 Å². The number of halogens is 2. The number of hydrogen-bond donors (Lipinski definition) is 1. The van der Waals surface area contributed by atoms with Gasteiger partial charge in [-0.3, -0.25) is 4.98 Å². The molecule has 3 aromatic rings. The number of aromatic nitrogens is 1. The molecular formula is C16H12ClFN2. The van der Waals surface area contributed by atoms with E-state index < -0.39 is 0 Å². The number of nitrogens with zero attached hydrogens (tertiary/aromatic N) is 1. The Morgan fingerprint density at radius 3 is 2.80 bits per heavy atom. The third kappa shape index (κ3) is 2.45. The SMILES string of the molecule is Fc1cccc(Cl)c1NCc1cccc2cnccc12. The molecule has 2 nitrogen and oxygen atoms in total. The summed E-state index contributed by atoms with van der Waals surface area (Å²) in [5, 5.41) is 5.60. The Morgan fingerprint density at radius 2 is 1.95 bits per heavy atom. The largest absolute Gasteiger partial charge is 0.377 e. The average molecular weight is 287 g/mol. The Hall–Kier alpha value is -2.13. The first-order chi connectivity index (χ1) is 9.75. The van der Waals surface area contributed by atoms with E-state index in [1.807, 2.05) is 30.5 Å². The highest BCUT2D eigenvalue weighted by Crippen LogP contribution is 2.26. The summed E-state index contributed by atoms with van der Waals surface area (Å²) in [7, 11) is 0. The number of hydrogen-bond acceptors (Lipinski definition) is 2. The molecule has 1 heterocycles. The van der Waals surface area contributed by atoms with E-state index in [1.165, 1.54) is 6.07 Å². The summed E-state index contributed by atoms with van der Waals surface area (Å²) in [5.41, 5.74) is 1.41. The summed E-state index contributed by atoms with van der Waals surface area (Å²) >= 11 is 6.00. The maximum atomic E-state index is 13.7. The number of pyridine rings is 1. The van der Waals surface area contributed by atoms with E-state index in [0.717, 1.165) is 16.3 Å². The fraction of sp³-hybridized carbons (Fsp3) is 0.0625. The first kappa shape index (κ1) is 12.9. The lowest BCUT2D eigenvalue weighted by Crippen LogP contribution is -2.02. The molecule has 2 aromatic carbocycles. The first-order valence-corrected chi connectivity index (χ1v) is 6.63. The van der Waals surface area contributed by atoms with Crippen LogP contribution in [0.1, 0.15) is 5.56 Å². The van der Waals surface area contributed by atoms with E-state index in [2.05, 4.69) is 10.3 Å². The number of anilines is 1. The van der Waals surface area contributed by atoms with Crippen LogP contribution in [0.25, 0.3) is 10.8 Å². The Kier molecular flexibility index (Phi) is 3.52. The zero-order valence-corrected chi connectivity index (χ0v) is 11.4. The van der Waals surface area contributed by atoms with Crippen LogP contribution in [0.5, 0.6) is 0 Å². The number of rotatable bonds is 3. The molecule has 0 spiro atoms. The monoisotopic (exact) mass is 286 g/mol. The van der Waals surface area contributed by atoms with Gasteiger partial charge in [-0.15, -0.1) is 0 Å². The van der Waals surface area contributed by atoms with Crippen LogP contribution in [0.3, 0.4) is 0 Å². The lowest BCUT2D eigenvalue weighted by Gasteiger charge is -2.11. The van der Waals surface area contributed by atoms with Crippen molar-refractivity contribution >= 4 is 28.1 Å². The minimum Gasteiger partial charge on any atom is -0.377 e. The standard InChI is InChI=1S/C16H12ClFN2/c17-14-5-2-6-15(18)16(14)20-10-12-4-1-3-11-9-19-8-7-13(11)12/h1-9,20H,10H2. The Bertz CT molecular complexity index is 733. The average Bonchev–Trinajstić information content (AvgIpc) is 2.47. The minimum atomic E-state index is -0.348. The van der Waals surface area contributed by atoms with Gasteiger partial charge in [0.15, 0.2) is 0 Å². The molecule has 4 heteroatoms. The van der Waals surface area contributed by atoms with Crippen molar-refractivity contribution in [3.63, 3.8) is 0 Å². The van der Waals surface area contributed by atoms with Gasteiger partial charge in [0.2, 0.25) is 0 Å². The van der Waals surface area contributed by atoms with Gasteiger partial charge in [0.05, 0.1) is 10.7 Å². The summed E-state index contributed by atoms with van der Waals surface area (Å²) < 4.78 is 13.7. The molecule has 0 atom stereocenters. The van der Waals surface area contributed by atoms with Gasteiger partial charge in [0.25, 0.3) is 0 Å². The van der Waals surface area contributed by atoms with E-state index in [1.54, 1.807) is 18.3 Å². The number of benzene rings is 2. The van der Waals surface area contributed by atoms with Crippen LogP contribution in [-0.2, 0) is 6.54 Å². The van der Waals surface area contributed by atoms with E-state index in [9.17, 15) is 4.39 Å². The van der Waals surface area contributed by atoms with Crippen LogP contribution in [0, 0.1) is 5.82 Å². The van der Waals surface area contributed by atoms with Gasteiger partial charge in [-0.2, -0.15) is 0 Å². The molecule has 1 aromatic heterocycles. The zero-order chi connectivity index (χ0) is 13.9. The lowest BCUT2D eigenvalue weighted by molar-refractivity contribution is 0.630. The van der Waals surface area contributed by atoms with E-state index >= 15 is 0 Å². The van der Waals surface area contributed by atoms with Gasteiger partial charge < -0.3 is 5.32 Å². The lowest BCUT2D eigenvalue weighted by atomic mass is 10.1. The fourth-order valence-electron chi connectivity index (χ4n) is 2.19. The van der Waals surface area contributed by atoms with Crippen LogP contribution in [-0.4, -0.2) is 4.98 Å². The second kappa shape index (κ2) is 5.47. The van der Waals surface area contributed by atoms with Gasteiger partial charge in [-0.25, -0.2) is 4.39 Å². The highest BCUT2D eigenvalue weighted by atomic mass is 35.5. The number of fused-ring (bicyclic) bond motifs is 1. The molecule has 100 valence electrons. The summed E-state index contributed by atoms with van der Waals surface area (Å²) in [4.78, 5) is 4.10. The molecule has 0 aliphatic heterocycles. The van der Waals surface area contributed by atoms with E-state index in [0.29, 0.717) is 17.3 Å². The summed E-state index contributed by atoms with van der Waals surface area (Å²) in [6.07, 6.45) is 3.57. The molecule has 0 aliphatic carbocycles. The fourth-order valence-corrected chi connectivity index (χ4v) is 2.42. The van der Waals surface area contributed by atoms with Crippen LogP contribution in [0.4, 0.5) is 10.1 Å². The third-order valence-corrected chi connectivity index (χ3v) is 3.50. The van der Waals surface area contributed by atoms with Crippen molar-refractivity contribution in [3.05, 3.63) is 71.3 Å². The molecule has 0 fully saturated rings. The van der Waals surface area contributed by atoms with Gasteiger partial charge in [0, 0.05) is 24.3 Å². The Morgan fingerprint density at radius 1 is 1.10 bits per heavy atom. The van der Waals surface area contributed by atoms with Crippen LogP contribution >= 0.6 is 11.6 Å². The predicted octanol–water partition coefficient (Wildman–Crippen LogP) is 4.64. The minimum absolute atomic E-state index is 0.334. The topological polar surface area (TPSA) is 24.9 Å². The molecular weight excluding hydrogens is 275 g/mol. The summed E-state index contributed by atoms with van der Waals surface area (Å²) in [5.74, 6) is -0.348. The van der Waals surface area contributed by atoms with Gasteiger partial charge >= 0.3 is 0 Å². The molecule has 0 amide bonds. The first-order valence-electron chi connectivity index (χ1n) is 6.25. The molecule has 20 heavy (non-hydrogen) atoms. The second-order valence-electron chi connectivity index (χ2n) is 4.46. The zero-order valence-electron chi connectivity index (χ0n) is 10.6. The van der Waals surface area contributed by atoms with Gasteiger partial charge in [-0.05, 0) is 29.1 Å². The molecule has 0 aliphatic rings. The van der Waals surface area contributed by atoms with Crippen molar-refractivity contribution in [2.45, 2.75) is 6.54 Å². The van der Waals surface area contributed by atoms with Crippen molar-refractivity contribution in [2.24, 2.45) is 0 Å². The molecule has 3 rings (SSSR count). The molecule has 0 bridgehead atoms. The maximum Gasteiger partial charge on any atom is 0.147 e. The second-order valence-corrected chi connectivity index (χ2v) is 4.87. The Labute approximate surface area is 121 Å². The predicted molar refractivity (Wildman–Crippen MR) is 80.5 cm³/mol. The smallest absolute Gasteiger partial charge is 0.147 e. The van der Waals surface area contributed by atoms with Crippen molar-refractivity contribution in [1.82, 2.24) is 4.98 Å². The van der Waals surface area contributed by atoms with Crippen LogP contribution in [0.15, 0.2) is 54.9 Å². The van der Waals surface area contributed by atoms with Crippen molar-refractivity contribution in [1.29, 1.82) is 0 Å². The highest BCUT2D eigenvalue weighted by Gasteiger charge is 2.07. The van der Waals surface area contributed by atoms with Gasteiger partial charge in [0.1, 0.15) is 5.82 Å². The third-order valence-electron chi connectivity index (χ3n) is 3.19. The quantitative estimate of drug-likeness (QED) is 0.759. The number of para-hydroxylation sites is 1. The number of nitrogens with one attached hydrogen (secondary N) is 1. The summed E-state index contributed by atoms with van der Waals surface area (Å²) in [6, 6.07) is 12.6. The van der Waals surface area contributed by atoms with E-state index in [4.69, 9.17) is 11.6 Å². The van der Waals surface area contributed by atoms with Gasteiger partial charge in [-0.1, -0.05) is 35.9 Å². The molecule has 0 saturated carbocycles. The molecule has 0 radical (unpaired) electrons.